The molecule has 0 bridgehead atoms. The number of amides is 1. The number of benzene rings is 1. The Bertz CT molecular complexity index is 468. The number of methoxy groups -OCH3 is 1. The van der Waals surface area contributed by atoms with Crippen molar-refractivity contribution in [3.05, 3.63) is 24.0 Å². The molecule has 20 heavy (non-hydrogen) atoms. The molecule has 0 atom stereocenters. The van der Waals surface area contributed by atoms with Crippen LogP contribution in [0.3, 0.4) is 0 Å². The highest BCUT2D eigenvalue weighted by Crippen LogP contribution is 2.31. The SMILES string of the molecule is CCC1CCC(C(=O)Nc2ccc(OC)c(F)c2)CC1. The molecule has 0 radical (unpaired) electrons. The van der Waals surface area contributed by atoms with Crippen LogP contribution < -0.4 is 10.1 Å². The third kappa shape index (κ3) is 3.50. The van der Waals surface area contributed by atoms with E-state index in [2.05, 4.69) is 12.2 Å². The second-order valence-corrected chi connectivity index (χ2v) is 5.46. The van der Waals surface area contributed by atoms with Gasteiger partial charge in [0, 0.05) is 17.7 Å². The summed E-state index contributed by atoms with van der Waals surface area (Å²) in [5.41, 5.74) is 0.492. The third-order valence-corrected chi connectivity index (χ3v) is 4.21. The van der Waals surface area contributed by atoms with Crippen LogP contribution in [0.25, 0.3) is 0 Å². The zero-order valence-corrected chi connectivity index (χ0v) is 12.1. The summed E-state index contributed by atoms with van der Waals surface area (Å²) in [4.78, 5) is 12.2. The number of carbonyl (C=O) groups is 1. The van der Waals surface area contributed by atoms with Crippen LogP contribution in [0, 0.1) is 17.7 Å². The Morgan fingerprint density at radius 3 is 2.60 bits per heavy atom. The Labute approximate surface area is 119 Å². The predicted octanol–water partition coefficient (Wildman–Crippen LogP) is 3.99. The molecule has 110 valence electrons. The first kappa shape index (κ1) is 14.8. The standard InChI is InChI=1S/C16H22FNO2/c1-3-11-4-6-12(7-5-11)16(19)18-13-8-9-15(20-2)14(17)10-13/h8-12H,3-7H2,1-2H3,(H,18,19). The molecule has 1 amide bonds. The lowest BCUT2D eigenvalue weighted by atomic mass is 9.80. The van der Waals surface area contributed by atoms with Gasteiger partial charge in [-0.3, -0.25) is 4.79 Å². The maximum atomic E-state index is 13.6. The van der Waals surface area contributed by atoms with Gasteiger partial charge >= 0.3 is 0 Å². The van der Waals surface area contributed by atoms with Crippen molar-refractivity contribution in [2.75, 3.05) is 12.4 Å². The smallest absolute Gasteiger partial charge is 0.227 e. The molecule has 1 fully saturated rings. The van der Waals surface area contributed by atoms with Gasteiger partial charge in [0.05, 0.1) is 7.11 Å². The largest absolute Gasteiger partial charge is 0.494 e. The molecule has 0 aliphatic heterocycles. The number of ether oxygens (including phenoxy) is 1. The summed E-state index contributed by atoms with van der Waals surface area (Å²) in [5.74, 6) is 0.552. The van der Waals surface area contributed by atoms with Gasteiger partial charge in [-0.2, -0.15) is 0 Å². The van der Waals surface area contributed by atoms with E-state index in [1.54, 1.807) is 6.07 Å². The van der Waals surface area contributed by atoms with Crippen LogP contribution in [0.2, 0.25) is 0 Å². The summed E-state index contributed by atoms with van der Waals surface area (Å²) in [6.07, 6.45) is 5.29. The summed E-state index contributed by atoms with van der Waals surface area (Å²) in [6, 6.07) is 4.49. The minimum atomic E-state index is -0.458. The predicted molar refractivity (Wildman–Crippen MR) is 77.3 cm³/mol. The molecule has 0 heterocycles. The van der Waals surface area contributed by atoms with Gasteiger partial charge in [0.1, 0.15) is 0 Å². The molecule has 0 spiro atoms. The lowest BCUT2D eigenvalue weighted by Crippen LogP contribution is -2.27. The van der Waals surface area contributed by atoms with E-state index in [9.17, 15) is 9.18 Å². The third-order valence-electron chi connectivity index (χ3n) is 4.21. The summed E-state index contributed by atoms with van der Waals surface area (Å²) in [5, 5.41) is 2.80. The quantitative estimate of drug-likeness (QED) is 0.905. The zero-order valence-electron chi connectivity index (χ0n) is 12.1. The van der Waals surface area contributed by atoms with Crippen LogP contribution in [-0.4, -0.2) is 13.0 Å². The molecule has 0 saturated heterocycles. The first-order chi connectivity index (χ1) is 9.63. The molecule has 2 rings (SSSR count). The van der Waals surface area contributed by atoms with Gasteiger partial charge in [-0.1, -0.05) is 13.3 Å². The number of anilines is 1. The van der Waals surface area contributed by atoms with Crippen molar-refractivity contribution in [3.8, 4) is 5.75 Å². The summed E-state index contributed by atoms with van der Waals surface area (Å²) >= 11 is 0. The van der Waals surface area contributed by atoms with Crippen molar-refractivity contribution in [1.29, 1.82) is 0 Å². The van der Waals surface area contributed by atoms with Crippen molar-refractivity contribution >= 4 is 11.6 Å². The van der Waals surface area contributed by atoms with Crippen molar-refractivity contribution in [2.45, 2.75) is 39.0 Å². The van der Waals surface area contributed by atoms with E-state index < -0.39 is 5.82 Å². The number of hydrogen-bond acceptors (Lipinski definition) is 2. The molecule has 0 aromatic heterocycles. The van der Waals surface area contributed by atoms with E-state index in [0.29, 0.717) is 5.69 Å². The molecule has 1 saturated carbocycles. The van der Waals surface area contributed by atoms with Gasteiger partial charge < -0.3 is 10.1 Å². The van der Waals surface area contributed by atoms with Crippen molar-refractivity contribution in [1.82, 2.24) is 0 Å². The maximum Gasteiger partial charge on any atom is 0.227 e. The molecule has 1 aromatic rings. The number of rotatable bonds is 4. The van der Waals surface area contributed by atoms with Crippen molar-refractivity contribution < 1.29 is 13.9 Å². The normalized spacial score (nSPS) is 22.4. The van der Waals surface area contributed by atoms with Gasteiger partial charge in [-0.15, -0.1) is 0 Å². The fourth-order valence-electron chi connectivity index (χ4n) is 2.82. The monoisotopic (exact) mass is 279 g/mol. The summed E-state index contributed by atoms with van der Waals surface area (Å²) in [6.45, 7) is 2.20. The Morgan fingerprint density at radius 1 is 1.35 bits per heavy atom. The van der Waals surface area contributed by atoms with Gasteiger partial charge in [0.2, 0.25) is 5.91 Å². The minimum absolute atomic E-state index is 0.00381. The van der Waals surface area contributed by atoms with E-state index in [-0.39, 0.29) is 17.6 Å². The van der Waals surface area contributed by atoms with E-state index in [1.165, 1.54) is 25.7 Å². The van der Waals surface area contributed by atoms with Crippen LogP contribution in [0.4, 0.5) is 10.1 Å². The van der Waals surface area contributed by atoms with Gasteiger partial charge in [0.25, 0.3) is 0 Å². The van der Waals surface area contributed by atoms with E-state index in [4.69, 9.17) is 4.74 Å². The van der Waals surface area contributed by atoms with E-state index >= 15 is 0 Å². The van der Waals surface area contributed by atoms with E-state index in [1.807, 2.05) is 0 Å². The number of carbonyl (C=O) groups excluding carboxylic acids is 1. The average molecular weight is 279 g/mol. The Kier molecular flexibility index (Phi) is 4.99. The Morgan fingerprint density at radius 2 is 2.05 bits per heavy atom. The molecular weight excluding hydrogens is 257 g/mol. The maximum absolute atomic E-state index is 13.6. The van der Waals surface area contributed by atoms with Crippen LogP contribution in [0.1, 0.15) is 39.0 Å². The molecule has 3 nitrogen and oxygen atoms in total. The van der Waals surface area contributed by atoms with Gasteiger partial charge in [-0.05, 0) is 43.7 Å². The van der Waals surface area contributed by atoms with Gasteiger partial charge in [-0.25, -0.2) is 4.39 Å². The average Bonchev–Trinajstić information content (AvgIpc) is 2.47. The van der Waals surface area contributed by atoms with Crippen molar-refractivity contribution in [3.63, 3.8) is 0 Å². The highest BCUT2D eigenvalue weighted by molar-refractivity contribution is 5.92. The van der Waals surface area contributed by atoms with E-state index in [0.717, 1.165) is 31.6 Å². The molecule has 1 aliphatic rings. The minimum Gasteiger partial charge on any atom is -0.494 e. The topological polar surface area (TPSA) is 38.3 Å². The molecule has 0 unspecified atom stereocenters. The fraction of sp³-hybridized carbons (Fsp3) is 0.562. The first-order valence-electron chi connectivity index (χ1n) is 7.28. The van der Waals surface area contributed by atoms with Gasteiger partial charge in [0.15, 0.2) is 11.6 Å². The Hall–Kier alpha value is -1.58. The van der Waals surface area contributed by atoms with Crippen LogP contribution >= 0.6 is 0 Å². The van der Waals surface area contributed by atoms with Crippen molar-refractivity contribution in [2.24, 2.45) is 11.8 Å². The lowest BCUT2D eigenvalue weighted by Gasteiger charge is -2.26. The molecule has 1 aliphatic carbocycles. The molecule has 1 N–H and O–H groups in total. The molecular formula is C16H22FNO2. The highest BCUT2D eigenvalue weighted by Gasteiger charge is 2.25. The van der Waals surface area contributed by atoms with Crippen LogP contribution in [0.5, 0.6) is 5.75 Å². The second-order valence-electron chi connectivity index (χ2n) is 5.46. The zero-order chi connectivity index (χ0) is 14.5. The first-order valence-corrected chi connectivity index (χ1v) is 7.28. The lowest BCUT2D eigenvalue weighted by molar-refractivity contribution is -0.121. The molecule has 4 heteroatoms. The number of hydrogen-bond donors (Lipinski definition) is 1. The van der Waals surface area contributed by atoms with Crippen LogP contribution in [-0.2, 0) is 4.79 Å². The second kappa shape index (κ2) is 6.73. The summed E-state index contributed by atoms with van der Waals surface area (Å²) < 4.78 is 18.4. The molecule has 1 aromatic carbocycles. The summed E-state index contributed by atoms with van der Waals surface area (Å²) in [7, 11) is 1.42. The Balaban J connectivity index is 1.93. The number of nitrogens with one attached hydrogen (secondary N) is 1. The fourth-order valence-corrected chi connectivity index (χ4v) is 2.82. The van der Waals surface area contributed by atoms with Crippen LogP contribution in [0.15, 0.2) is 18.2 Å². The highest BCUT2D eigenvalue weighted by atomic mass is 19.1. The number of halogens is 1.